The van der Waals surface area contributed by atoms with E-state index in [-0.39, 0.29) is 5.91 Å². The lowest BCUT2D eigenvalue weighted by Crippen LogP contribution is -2.40. The zero-order valence-corrected chi connectivity index (χ0v) is 18.7. The molecule has 1 aliphatic heterocycles. The van der Waals surface area contributed by atoms with Gasteiger partial charge in [-0.25, -0.2) is 4.98 Å². The Morgan fingerprint density at radius 3 is 2.65 bits per heavy atom. The molecule has 4 rings (SSSR count). The van der Waals surface area contributed by atoms with E-state index in [0.717, 1.165) is 16.8 Å². The standard InChI is InChI=1S/C23H27N5O3/c1-14-9-17(15-10-16(31-6)12-24-11-15)25-20-19(14)21(29)28(23(20,4)5)18-7-8-27(26-18)13-22(2,3)30/h7-12,30H,13H2,1-6H3. The Labute approximate surface area is 181 Å². The Hall–Kier alpha value is -3.26. The van der Waals surface area contributed by atoms with E-state index < -0.39 is 11.1 Å². The average Bonchev–Trinajstić information content (AvgIpc) is 3.20. The summed E-state index contributed by atoms with van der Waals surface area (Å²) in [6.45, 7) is 9.61. The van der Waals surface area contributed by atoms with Gasteiger partial charge >= 0.3 is 0 Å². The van der Waals surface area contributed by atoms with Gasteiger partial charge in [0.1, 0.15) is 5.75 Å². The van der Waals surface area contributed by atoms with Crippen LogP contribution in [0.25, 0.3) is 11.3 Å². The molecule has 0 spiro atoms. The number of anilines is 1. The Balaban J connectivity index is 1.77. The van der Waals surface area contributed by atoms with Crippen molar-refractivity contribution in [3.63, 3.8) is 0 Å². The van der Waals surface area contributed by atoms with Crippen LogP contribution in [0.3, 0.4) is 0 Å². The first-order valence-corrected chi connectivity index (χ1v) is 10.1. The van der Waals surface area contributed by atoms with Crippen molar-refractivity contribution >= 4 is 11.7 Å². The number of amides is 1. The second kappa shape index (κ2) is 7.16. The van der Waals surface area contributed by atoms with Crippen LogP contribution in [0.15, 0.2) is 36.8 Å². The molecular weight excluding hydrogens is 394 g/mol. The lowest BCUT2D eigenvalue weighted by Gasteiger charge is -2.30. The van der Waals surface area contributed by atoms with Crippen LogP contribution in [0.2, 0.25) is 0 Å². The number of pyridine rings is 2. The van der Waals surface area contributed by atoms with Gasteiger partial charge in [0.15, 0.2) is 5.82 Å². The largest absolute Gasteiger partial charge is 0.495 e. The Morgan fingerprint density at radius 1 is 1.23 bits per heavy atom. The van der Waals surface area contributed by atoms with Gasteiger partial charge in [-0.3, -0.25) is 19.4 Å². The molecule has 1 amide bonds. The summed E-state index contributed by atoms with van der Waals surface area (Å²) in [5, 5.41) is 14.6. The van der Waals surface area contributed by atoms with E-state index in [9.17, 15) is 9.90 Å². The van der Waals surface area contributed by atoms with E-state index in [1.807, 2.05) is 32.9 Å². The van der Waals surface area contributed by atoms with Crippen molar-refractivity contribution in [2.75, 3.05) is 12.0 Å². The normalized spacial score (nSPS) is 15.3. The summed E-state index contributed by atoms with van der Waals surface area (Å²) in [4.78, 5) is 24.2. The van der Waals surface area contributed by atoms with Gasteiger partial charge in [0.25, 0.3) is 5.91 Å². The van der Waals surface area contributed by atoms with Crippen LogP contribution >= 0.6 is 0 Å². The van der Waals surface area contributed by atoms with Gasteiger partial charge in [-0.05, 0) is 52.3 Å². The molecule has 0 atom stereocenters. The summed E-state index contributed by atoms with van der Waals surface area (Å²) in [6.07, 6.45) is 5.15. The topological polar surface area (TPSA) is 93.4 Å². The molecule has 4 heterocycles. The molecule has 1 aliphatic rings. The number of carbonyl (C=O) groups excluding carboxylic acids is 1. The zero-order valence-electron chi connectivity index (χ0n) is 18.7. The average molecular weight is 422 g/mol. The van der Waals surface area contributed by atoms with E-state index >= 15 is 0 Å². The van der Waals surface area contributed by atoms with E-state index in [0.29, 0.717) is 29.4 Å². The van der Waals surface area contributed by atoms with Gasteiger partial charge in [0.2, 0.25) is 0 Å². The zero-order chi connectivity index (χ0) is 22.6. The molecule has 0 aliphatic carbocycles. The monoisotopic (exact) mass is 421 g/mol. The van der Waals surface area contributed by atoms with E-state index in [4.69, 9.17) is 9.72 Å². The molecule has 3 aromatic heterocycles. The number of hydrogen-bond acceptors (Lipinski definition) is 6. The molecule has 0 saturated heterocycles. The summed E-state index contributed by atoms with van der Waals surface area (Å²) in [7, 11) is 1.60. The van der Waals surface area contributed by atoms with Crippen LogP contribution in [0.5, 0.6) is 5.75 Å². The molecule has 8 nitrogen and oxygen atoms in total. The van der Waals surface area contributed by atoms with Crippen molar-refractivity contribution < 1.29 is 14.6 Å². The molecule has 0 aromatic carbocycles. The molecular formula is C23H27N5O3. The Bertz CT molecular complexity index is 1160. The minimum atomic E-state index is -0.908. The summed E-state index contributed by atoms with van der Waals surface area (Å²) < 4.78 is 6.94. The highest BCUT2D eigenvalue weighted by Gasteiger charge is 2.47. The van der Waals surface area contributed by atoms with Gasteiger partial charge in [0, 0.05) is 24.0 Å². The van der Waals surface area contributed by atoms with Crippen molar-refractivity contribution in [2.45, 2.75) is 52.3 Å². The second-order valence-corrected chi connectivity index (χ2v) is 9.04. The van der Waals surface area contributed by atoms with Gasteiger partial charge < -0.3 is 9.84 Å². The number of carbonyl (C=O) groups is 1. The van der Waals surface area contributed by atoms with Crippen molar-refractivity contribution in [3.8, 4) is 17.0 Å². The summed E-state index contributed by atoms with van der Waals surface area (Å²) in [5.41, 5.74) is 2.09. The molecule has 8 heteroatoms. The van der Waals surface area contributed by atoms with Gasteiger partial charge in [-0.2, -0.15) is 5.10 Å². The highest BCUT2D eigenvalue weighted by atomic mass is 16.5. The predicted octanol–water partition coefficient (Wildman–Crippen LogP) is 3.32. The van der Waals surface area contributed by atoms with Gasteiger partial charge in [-0.1, -0.05) is 0 Å². The van der Waals surface area contributed by atoms with E-state index in [2.05, 4.69) is 10.1 Å². The SMILES string of the molecule is COc1cncc(-c2cc(C)c3c(n2)C(C)(C)N(c2ccn(CC(C)(C)O)n2)C3=O)c1. The third kappa shape index (κ3) is 3.67. The van der Waals surface area contributed by atoms with Crippen LogP contribution < -0.4 is 9.64 Å². The van der Waals surface area contributed by atoms with Crippen LogP contribution in [-0.4, -0.2) is 43.5 Å². The first kappa shape index (κ1) is 21.0. The number of ether oxygens (including phenoxy) is 1. The number of methoxy groups -OCH3 is 1. The quantitative estimate of drug-likeness (QED) is 0.679. The second-order valence-electron chi connectivity index (χ2n) is 9.04. The third-order valence-electron chi connectivity index (χ3n) is 5.42. The molecule has 162 valence electrons. The number of rotatable bonds is 5. The molecule has 1 N–H and O–H groups in total. The molecule has 0 saturated carbocycles. The van der Waals surface area contributed by atoms with Gasteiger partial charge in [-0.15, -0.1) is 0 Å². The molecule has 0 unspecified atom stereocenters. The Kier molecular flexibility index (Phi) is 4.85. The Morgan fingerprint density at radius 2 is 1.97 bits per heavy atom. The molecule has 0 bridgehead atoms. The number of aryl methyl sites for hydroxylation is 1. The lowest BCUT2D eigenvalue weighted by atomic mass is 9.96. The minimum Gasteiger partial charge on any atom is -0.495 e. The number of hydrogen-bond donors (Lipinski definition) is 1. The van der Waals surface area contributed by atoms with Crippen LogP contribution in [0.1, 0.15) is 49.3 Å². The highest BCUT2D eigenvalue weighted by Crippen LogP contribution is 2.42. The number of fused-ring (bicyclic) bond motifs is 1. The predicted molar refractivity (Wildman–Crippen MR) is 117 cm³/mol. The maximum absolute atomic E-state index is 13.4. The summed E-state index contributed by atoms with van der Waals surface area (Å²) >= 11 is 0. The summed E-state index contributed by atoms with van der Waals surface area (Å²) in [6, 6.07) is 5.57. The minimum absolute atomic E-state index is 0.131. The summed E-state index contributed by atoms with van der Waals surface area (Å²) in [5.74, 6) is 1.04. The fourth-order valence-corrected chi connectivity index (χ4v) is 4.02. The molecule has 0 fully saturated rings. The van der Waals surface area contributed by atoms with Crippen LogP contribution in [0, 0.1) is 6.92 Å². The van der Waals surface area contributed by atoms with Crippen LogP contribution in [-0.2, 0) is 12.1 Å². The molecule has 3 aromatic rings. The fourth-order valence-electron chi connectivity index (χ4n) is 4.02. The maximum atomic E-state index is 13.4. The first-order valence-electron chi connectivity index (χ1n) is 10.1. The highest BCUT2D eigenvalue weighted by molar-refractivity contribution is 6.12. The maximum Gasteiger partial charge on any atom is 0.262 e. The van der Waals surface area contributed by atoms with Crippen molar-refractivity contribution in [1.29, 1.82) is 0 Å². The van der Waals surface area contributed by atoms with Crippen molar-refractivity contribution in [2.24, 2.45) is 0 Å². The third-order valence-corrected chi connectivity index (χ3v) is 5.42. The number of aliphatic hydroxyl groups is 1. The van der Waals surface area contributed by atoms with Crippen molar-refractivity contribution in [3.05, 3.63) is 53.6 Å². The van der Waals surface area contributed by atoms with Crippen molar-refractivity contribution in [1.82, 2.24) is 19.7 Å². The van der Waals surface area contributed by atoms with E-state index in [1.54, 1.807) is 55.2 Å². The smallest absolute Gasteiger partial charge is 0.262 e. The lowest BCUT2D eigenvalue weighted by molar-refractivity contribution is 0.0578. The van der Waals surface area contributed by atoms with Gasteiger partial charge in [0.05, 0.1) is 47.9 Å². The molecule has 0 radical (unpaired) electrons. The number of nitrogens with zero attached hydrogens (tertiary/aromatic N) is 5. The van der Waals surface area contributed by atoms with Crippen LogP contribution in [0.4, 0.5) is 5.82 Å². The number of aromatic nitrogens is 4. The molecule has 31 heavy (non-hydrogen) atoms. The fraction of sp³-hybridized carbons (Fsp3) is 0.391. The van der Waals surface area contributed by atoms with E-state index in [1.165, 1.54) is 0 Å². The first-order chi connectivity index (χ1) is 14.5.